The second-order valence-electron chi connectivity index (χ2n) is 6.53. The summed E-state index contributed by atoms with van der Waals surface area (Å²) in [5.41, 5.74) is 7.24. The minimum absolute atomic E-state index is 0.0277. The lowest BCUT2D eigenvalue weighted by atomic mass is 10.1. The fourth-order valence-electron chi connectivity index (χ4n) is 3.18. The third kappa shape index (κ3) is 5.31. The van der Waals surface area contributed by atoms with Crippen LogP contribution in [0.5, 0.6) is 5.75 Å². The van der Waals surface area contributed by atoms with Gasteiger partial charge in [0.25, 0.3) is 0 Å². The number of hydrogen-bond donors (Lipinski definition) is 2. The first-order valence-corrected chi connectivity index (χ1v) is 9.16. The van der Waals surface area contributed by atoms with Crippen molar-refractivity contribution in [2.75, 3.05) is 23.3 Å². The molecule has 0 aliphatic carbocycles. The largest absolute Gasteiger partial charge is 0.434 e. The van der Waals surface area contributed by atoms with Gasteiger partial charge in [-0.2, -0.15) is 8.78 Å². The molecule has 0 radical (unpaired) electrons. The van der Waals surface area contributed by atoms with Crippen LogP contribution in [0.1, 0.15) is 28.8 Å². The number of carbonyl (C=O) groups excluding carboxylic acids is 2. The first-order valence-electron chi connectivity index (χ1n) is 9.16. The number of anilines is 2. The number of halogens is 2. The van der Waals surface area contributed by atoms with Gasteiger partial charge < -0.3 is 20.7 Å². The Balaban J connectivity index is 1.80. The molecule has 0 atom stereocenters. The van der Waals surface area contributed by atoms with Crippen LogP contribution in [0.2, 0.25) is 0 Å². The molecule has 1 heterocycles. The highest BCUT2D eigenvalue weighted by molar-refractivity contribution is 6.05. The van der Waals surface area contributed by atoms with E-state index in [1.54, 1.807) is 30.3 Å². The van der Waals surface area contributed by atoms with Crippen LogP contribution in [0, 0.1) is 0 Å². The molecule has 2 aromatic carbocycles. The van der Waals surface area contributed by atoms with Crippen molar-refractivity contribution in [3.8, 4) is 5.75 Å². The van der Waals surface area contributed by atoms with Gasteiger partial charge in [-0.15, -0.1) is 0 Å². The van der Waals surface area contributed by atoms with Gasteiger partial charge >= 0.3 is 6.61 Å². The summed E-state index contributed by atoms with van der Waals surface area (Å²) >= 11 is 0. The van der Waals surface area contributed by atoms with Crippen molar-refractivity contribution >= 4 is 29.3 Å². The van der Waals surface area contributed by atoms with Gasteiger partial charge in [-0.3, -0.25) is 9.59 Å². The molecule has 29 heavy (non-hydrogen) atoms. The molecule has 2 amide bonds. The summed E-state index contributed by atoms with van der Waals surface area (Å²) < 4.78 is 29.5. The SMILES string of the molecule is NC(=O)c1ccc(N2CCCC2)c(NC(=O)/C=C/c2ccccc2OC(F)F)c1. The average molecular weight is 401 g/mol. The Morgan fingerprint density at radius 2 is 1.86 bits per heavy atom. The van der Waals surface area contributed by atoms with E-state index >= 15 is 0 Å². The van der Waals surface area contributed by atoms with E-state index in [4.69, 9.17) is 5.73 Å². The molecule has 0 bridgehead atoms. The second-order valence-corrected chi connectivity index (χ2v) is 6.53. The van der Waals surface area contributed by atoms with Crippen LogP contribution in [-0.4, -0.2) is 31.5 Å². The van der Waals surface area contributed by atoms with Crippen LogP contribution in [0.25, 0.3) is 6.08 Å². The Bertz CT molecular complexity index is 925. The molecular weight excluding hydrogens is 380 g/mol. The van der Waals surface area contributed by atoms with Gasteiger partial charge in [0.2, 0.25) is 11.8 Å². The quantitative estimate of drug-likeness (QED) is 0.694. The maximum Gasteiger partial charge on any atom is 0.387 e. The molecule has 6 nitrogen and oxygen atoms in total. The van der Waals surface area contributed by atoms with E-state index in [1.807, 2.05) is 0 Å². The van der Waals surface area contributed by atoms with E-state index in [0.717, 1.165) is 31.6 Å². The lowest BCUT2D eigenvalue weighted by Crippen LogP contribution is -2.21. The zero-order valence-electron chi connectivity index (χ0n) is 15.6. The summed E-state index contributed by atoms with van der Waals surface area (Å²) in [7, 11) is 0. The number of para-hydroxylation sites is 1. The number of amides is 2. The van der Waals surface area contributed by atoms with Crippen LogP contribution in [0.15, 0.2) is 48.5 Å². The molecule has 152 valence electrons. The number of hydrogen-bond acceptors (Lipinski definition) is 4. The molecule has 1 aliphatic rings. The Morgan fingerprint density at radius 3 is 2.55 bits per heavy atom. The van der Waals surface area contributed by atoms with Gasteiger partial charge in [0.15, 0.2) is 0 Å². The third-order valence-corrected chi connectivity index (χ3v) is 4.54. The standard InChI is InChI=1S/C21H21F2N3O3/c22-21(23)29-18-6-2-1-5-14(18)8-10-19(27)25-16-13-15(20(24)28)7-9-17(16)26-11-3-4-12-26/h1-2,5-10,13,21H,3-4,11-12H2,(H2,24,28)(H,25,27)/b10-8+. The smallest absolute Gasteiger partial charge is 0.387 e. The van der Waals surface area contributed by atoms with Crippen molar-refractivity contribution in [1.82, 2.24) is 0 Å². The van der Waals surface area contributed by atoms with Crippen molar-refractivity contribution < 1.29 is 23.1 Å². The summed E-state index contributed by atoms with van der Waals surface area (Å²) in [5, 5.41) is 2.75. The van der Waals surface area contributed by atoms with Crippen molar-refractivity contribution in [1.29, 1.82) is 0 Å². The Hall–Kier alpha value is -3.42. The Labute approximate surface area is 166 Å². The number of alkyl halides is 2. The van der Waals surface area contributed by atoms with Crippen molar-refractivity contribution in [2.45, 2.75) is 19.5 Å². The molecular formula is C21H21F2N3O3. The molecule has 0 unspecified atom stereocenters. The number of nitrogens with one attached hydrogen (secondary N) is 1. The molecule has 8 heteroatoms. The van der Waals surface area contributed by atoms with Crippen LogP contribution >= 0.6 is 0 Å². The van der Waals surface area contributed by atoms with Gasteiger partial charge in [-0.1, -0.05) is 18.2 Å². The number of rotatable bonds is 7. The topological polar surface area (TPSA) is 84.7 Å². The molecule has 1 aliphatic heterocycles. The van der Waals surface area contributed by atoms with Gasteiger partial charge in [-0.05, 0) is 43.2 Å². The lowest BCUT2D eigenvalue weighted by molar-refractivity contribution is -0.111. The molecule has 3 N–H and O–H groups in total. The monoisotopic (exact) mass is 401 g/mol. The first kappa shape index (κ1) is 20.3. The normalized spacial score (nSPS) is 13.8. The van der Waals surface area contributed by atoms with Gasteiger partial charge in [-0.25, -0.2) is 0 Å². The molecule has 1 saturated heterocycles. The number of benzene rings is 2. The predicted molar refractivity (Wildman–Crippen MR) is 107 cm³/mol. The van der Waals surface area contributed by atoms with Crippen LogP contribution < -0.4 is 20.7 Å². The van der Waals surface area contributed by atoms with Crippen molar-refractivity contribution in [3.63, 3.8) is 0 Å². The van der Waals surface area contributed by atoms with E-state index in [1.165, 1.54) is 24.3 Å². The number of primary amides is 1. The molecule has 3 rings (SSSR count). The summed E-state index contributed by atoms with van der Waals surface area (Å²) in [5.74, 6) is -1.10. The minimum Gasteiger partial charge on any atom is -0.434 e. The van der Waals surface area contributed by atoms with Gasteiger partial charge in [0.05, 0.1) is 11.4 Å². The highest BCUT2D eigenvalue weighted by Crippen LogP contribution is 2.30. The maximum atomic E-state index is 12.5. The Kier molecular flexibility index (Phi) is 6.43. The summed E-state index contributed by atoms with van der Waals surface area (Å²) in [6, 6.07) is 11.1. The zero-order valence-corrected chi connectivity index (χ0v) is 15.6. The number of ether oxygens (including phenoxy) is 1. The van der Waals surface area contributed by atoms with Crippen LogP contribution in [-0.2, 0) is 4.79 Å². The maximum absolute atomic E-state index is 12.5. The van der Waals surface area contributed by atoms with Gasteiger partial charge in [0, 0.05) is 30.3 Å². The van der Waals surface area contributed by atoms with E-state index in [9.17, 15) is 18.4 Å². The second kappa shape index (κ2) is 9.18. The number of nitrogens with two attached hydrogens (primary N) is 1. The third-order valence-electron chi connectivity index (χ3n) is 4.54. The summed E-state index contributed by atoms with van der Waals surface area (Å²) in [6.45, 7) is -1.25. The number of carbonyl (C=O) groups is 2. The molecule has 2 aromatic rings. The predicted octanol–water partition coefficient (Wildman–Crippen LogP) is 3.64. The molecule has 0 spiro atoms. The average Bonchev–Trinajstić information content (AvgIpc) is 3.21. The lowest BCUT2D eigenvalue weighted by Gasteiger charge is -2.22. The Morgan fingerprint density at radius 1 is 1.14 bits per heavy atom. The highest BCUT2D eigenvalue weighted by Gasteiger charge is 2.18. The van der Waals surface area contributed by atoms with Crippen molar-refractivity contribution in [3.05, 3.63) is 59.7 Å². The van der Waals surface area contributed by atoms with Gasteiger partial charge in [0.1, 0.15) is 5.75 Å². The number of nitrogens with zero attached hydrogens (tertiary/aromatic N) is 1. The van der Waals surface area contributed by atoms with E-state index in [-0.39, 0.29) is 11.3 Å². The van der Waals surface area contributed by atoms with Crippen molar-refractivity contribution in [2.24, 2.45) is 5.73 Å². The van der Waals surface area contributed by atoms with Crippen LogP contribution in [0.4, 0.5) is 20.2 Å². The summed E-state index contributed by atoms with van der Waals surface area (Å²) in [6.07, 6.45) is 4.70. The van der Waals surface area contributed by atoms with E-state index in [2.05, 4.69) is 15.0 Å². The fraction of sp³-hybridized carbons (Fsp3) is 0.238. The first-order chi connectivity index (χ1) is 13.9. The zero-order chi connectivity index (χ0) is 20.8. The highest BCUT2D eigenvalue weighted by atomic mass is 19.3. The van der Waals surface area contributed by atoms with E-state index in [0.29, 0.717) is 11.3 Å². The molecule has 0 aromatic heterocycles. The van der Waals surface area contributed by atoms with Crippen LogP contribution in [0.3, 0.4) is 0 Å². The van der Waals surface area contributed by atoms with E-state index < -0.39 is 18.4 Å². The summed E-state index contributed by atoms with van der Waals surface area (Å²) in [4.78, 5) is 26.1. The fourth-order valence-corrected chi connectivity index (χ4v) is 3.18. The molecule has 0 saturated carbocycles. The molecule has 1 fully saturated rings. The minimum atomic E-state index is -2.96.